The number of nitrogens with zero attached hydrogens (tertiary/aromatic N) is 2. The number of anilines is 2. The summed E-state index contributed by atoms with van der Waals surface area (Å²) in [7, 11) is 2.80. The summed E-state index contributed by atoms with van der Waals surface area (Å²) in [5, 5.41) is 27.5. The second-order valence-electron chi connectivity index (χ2n) is 7.81. The number of hydrogen-bond donors (Lipinski definition) is 2. The third-order valence-corrected chi connectivity index (χ3v) is 5.77. The Morgan fingerprint density at radius 1 is 0.765 bits per heavy atom. The summed E-state index contributed by atoms with van der Waals surface area (Å²) in [6, 6.07) is 7.88. The van der Waals surface area contributed by atoms with Crippen LogP contribution in [0.15, 0.2) is 36.4 Å². The number of amides is 2. The maximum atomic E-state index is 12.8. The number of rotatable bonds is 8. The van der Waals surface area contributed by atoms with Crippen LogP contribution in [0.4, 0.5) is 22.7 Å². The van der Waals surface area contributed by atoms with Crippen molar-refractivity contribution >= 4 is 34.6 Å². The molecule has 1 saturated carbocycles. The topological polar surface area (TPSA) is 163 Å². The van der Waals surface area contributed by atoms with Crippen LogP contribution in [-0.2, 0) is 9.59 Å². The van der Waals surface area contributed by atoms with E-state index in [1.807, 2.05) is 0 Å². The van der Waals surface area contributed by atoms with E-state index < -0.39 is 9.85 Å². The van der Waals surface area contributed by atoms with E-state index in [9.17, 15) is 29.8 Å². The van der Waals surface area contributed by atoms with Crippen molar-refractivity contribution in [1.29, 1.82) is 0 Å². The Labute approximate surface area is 194 Å². The molecule has 34 heavy (non-hydrogen) atoms. The first-order valence-corrected chi connectivity index (χ1v) is 10.5. The van der Waals surface area contributed by atoms with Crippen LogP contribution in [0.2, 0.25) is 0 Å². The molecule has 0 atom stereocenters. The fraction of sp³-hybridized carbons (Fsp3) is 0.364. The minimum atomic E-state index is -0.560. The van der Waals surface area contributed by atoms with E-state index >= 15 is 0 Å². The number of nitro benzene ring substituents is 2. The largest absolute Gasteiger partial charge is 0.495 e. The van der Waals surface area contributed by atoms with Crippen molar-refractivity contribution in [3.8, 4) is 11.5 Å². The van der Waals surface area contributed by atoms with E-state index in [0.29, 0.717) is 37.2 Å². The maximum Gasteiger partial charge on any atom is 0.271 e. The van der Waals surface area contributed by atoms with Crippen molar-refractivity contribution in [1.82, 2.24) is 0 Å². The van der Waals surface area contributed by atoms with Gasteiger partial charge in [0.25, 0.3) is 11.4 Å². The molecule has 12 heteroatoms. The van der Waals surface area contributed by atoms with Crippen LogP contribution >= 0.6 is 0 Å². The fourth-order valence-corrected chi connectivity index (χ4v) is 3.90. The molecule has 2 aromatic rings. The lowest BCUT2D eigenvalue weighted by Gasteiger charge is -2.27. The van der Waals surface area contributed by atoms with Crippen molar-refractivity contribution < 1.29 is 28.9 Å². The van der Waals surface area contributed by atoms with Crippen molar-refractivity contribution in [2.75, 3.05) is 24.9 Å². The van der Waals surface area contributed by atoms with Crippen molar-refractivity contribution in [2.24, 2.45) is 11.8 Å². The first-order chi connectivity index (χ1) is 16.2. The summed E-state index contributed by atoms with van der Waals surface area (Å²) < 4.78 is 10.3. The van der Waals surface area contributed by atoms with Gasteiger partial charge in [-0.25, -0.2) is 0 Å². The Morgan fingerprint density at radius 3 is 1.41 bits per heavy atom. The average Bonchev–Trinajstić information content (AvgIpc) is 2.83. The molecular formula is C22H24N4O8. The summed E-state index contributed by atoms with van der Waals surface area (Å²) in [5.41, 5.74) is 0.0692. The smallest absolute Gasteiger partial charge is 0.271 e. The molecular weight excluding hydrogens is 448 g/mol. The van der Waals surface area contributed by atoms with E-state index in [-0.39, 0.29) is 46.4 Å². The van der Waals surface area contributed by atoms with E-state index in [4.69, 9.17) is 9.47 Å². The molecule has 2 aromatic carbocycles. The first-order valence-electron chi connectivity index (χ1n) is 10.5. The number of carbonyl (C=O) groups is 2. The molecule has 0 radical (unpaired) electrons. The van der Waals surface area contributed by atoms with Gasteiger partial charge >= 0.3 is 0 Å². The Kier molecular flexibility index (Phi) is 7.61. The summed E-state index contributed by atoms with van der Waals surface area (Å²) in [6.45, 7) is 0. The SMILES string of the molecule is COc1ccc([N+](=O)[O-])cc1NC(=O)C1CCC(C(=O)Nc2cc([N+](=O)[O-])ccc2OC)CC1. The van der Waals surface area contributed by atoms with Gasteiger partial charge in [0.15, 0.2) is 0 Å². The van der Waals surface area contributed by atoms with Gasteiger partial charge in [-0.05, 0) is 37.8 Å². The molecule has 0 unspecified atom stereocenters. The number of non-ortho nitro benzene ring substituents is 2. The van der Waals surface area contributed by atoms with Gasteiger partial charge in [-0.2, -0.15) is 0 Å². The summed E-state index contributed by atoms with van der Waals surface area (Å²) >= 11 is 0. The van der Waals surface area contributed by atoms with Crippen molar-refractivity contribution in [3.63, 3.8) is 0 Å². The quantitative estimate of drug-likeness (QED) is 0.431. The second-order valence-corrected chi connectivity index (χ2v) is 7.81. The van der Waals surface area contributed by atoms with Crippen LogP contribution in [0, 0.1) is 32.1 Å². The molecule has 1 aliphatic carbocycles. The van der Waals surface area contributed by atoms with Gasteiger partial charge in [-0.1, -0.05) is 0 Å². The number of methoxy groups -OCH3 is 2. The van der Waals surface area contributed by atoms with E-state index in [2.05, 4.69) is 10.6 Å². The van der Waals surface area contributed by atoms with E-state index in [1.165, 1.54) is 50.6 Å². The average molecular weight is 472 g/mol. The first kappa shape index (κ1) is 24.4. The van der Waals surface area contributed by atoms with Crippen molar-refractivity contribution in [2.45, 2.75) is 25.7 Å². The Bertz CT molecular complexity index is 1020. The summed E-state index contributed by atoms with van der Waals surface area (Å²) in [6.07, 6.45) is 1.75. The molecule has 0 heterocycles. The van der Waals surface area contributed by atoms with Gasteiger partial charge in [-0.15, -0.1) is 0 Å². The lowest BCUT2D eigenvalue weighted by molar-refractivity contribution is -0.385. The number of nitrogens with one attached hydrogen (secondary N) is 2. The zero-order valence-electron chi connectivity index (χ0n) is 18.6. The fourth-order valence-electron chi connectivity index (χ4n) is 3.90. The maximum absolute atomic E-state index is 12.8. The van der Waals surface area contributed by atoms with Gasteiger partial charge < -0.3 is 20.1 Å². The number of ether oxygens (including phenoxy) is 2. The zero-order valence-corrected chi connectivity index (χ0v) is 18.6. The lowest BCUT2D eigenvalue weighted by atomic mass is 9.81. The third kappa shape index (κ3) is 5.57. The molecule has 2 amide bonds. The molecule has 1 aliphatic rings. The van der Waals surface area contributed by atoms with Crippen LogP contribution in [0.3, 0.4) is 0 Å². The molecule has 0 aliphatic heterocycles. The van der Waals surface area contributed by atoms with Gasteiger partial charge in [0.05, 0.1) is 35.4 Å². The molecule has 12 nitrogen and oxygen atoms in total. The Hall–Kier alpha value is -4.22. The standard InChI is InChI=1S/C22H24N4O8/c1-33-19-9-7-15(25(29)30)11-17(19)23-21(27)13-3-5-14(6-4-13)22(28)24-18-12-16(26(31)32)8-10-20(18)34-2/h7-14H,3-6H2,1-2H3,(H,23,27)(H,24,28). The molecule has 2 N–H and O–H groups in total. The zero-order chi connectivity index (χ0) is 24.8. The van der Waals surface area contributed by atoms with Gasteiger partial charge in [0, 0.05) is 36.1 Å². The van der Waals surface area contributed by atoms with Gasteiger partial charge in [0.2, 0.25) is 11.8 Å². The Balaban J connectivity index is 1.61. The molecule has 180 valence electrons. The molecule has 3 rings (SSSR count). The Morgan fingerprint density at radius 2 is 1.12 bits per heavy atom. The number of carbonyl (C=O) groups excluding carboxylic acids is 2. The number of nitro groups is 2. The predicted molar refractivity (Wildman–Crippen MR) is 122 cm³/mol. The van der Waals surface area contributed by atoms with Gasteiger partial charge in [-0.3, -0.25) is 29.8 Å². The van der Waals surface area contributed by atoms with E-state index in [1.54, 1.807) is 0 Å². The van der Waals surface area contributed by atoms with Crippen LogP contribution in [0.1, 0.15) is 25.7 Å². The highest BCUT2D eigenvalue weighted by atomic mass is 16.6. The van der Waals surface area contributed by atoms with E-state index in [0.717, 1.165) is 0 Å². The lowest BCUT2D eigenvalue weighted by Crippen LogP contribution is -2.32. The minimum absolute atomic E-state index is 0.173. The molecule has 0 saturated heterocycles. The monoisotopic (exact) mass is 472 g/mol. The normalized spacial score (nSPS) is 17.4. The second kappa shape index (κ2) is 10.6. The highest BCUT2D eigenvalue weighted by Crippen LogP contribution is 2.35. The molecule has 0 spiro atoms. The van der Waals surface area contributed by atoms with Crippen LogP contribution in [0.5, 0.6) is 11.5 Å². The van der Waals surface area contributed by atoms with Crippen LogP contribution < -0.4 is 20.1 Å². The third-order valence-electron chi connectivity index (χ3n) is 5.77. The molecule has 0 aromatic heterocycles. The highest BCUT2D eigenvalue weighted by molar-refractivity contribution is 5.96. The van der Waals surface area contributed by atoms with Gasteiger partial charge in [0.1, 0.15) is 11.5 Å². The summed E-state index contributed by atoms with van der Waals surface area (Å²) in [4.78, 5) is 46.5. The van der Waals surface area contributed by atoms with Crippen molar-refractivity contribution in [3.05, 3.63) is 56.6 Å². The minimum Gasteiger partial charge on any atom is -0.495 e. The summed E-state index contributed by atoms with van der Waals surface area (Å²) in [5.74, 6) is -0.757. The molecule has 0 bridgehead atoms. The number of hydrogen-bond acceptors (Lipinski definition) is 8. The highest BCUT2D eigenvalue weighted by Gasteiger charge is 2.31. The van der Waals surface area contributed by atoms with Crippen LogP contribution in [-0.4, -0.2) is 35.9 Å². The molecule has 1 fully saturated rings. The van der Waals surface area contributed by atoms with Crippen LogP contribution in [0.25, 0.3) is 0 Å². The predicted octanol–water partition coefficient (Wildman–Crippen LogP) is 3.90. The number of benzene rings is 2.